The van der Waals surface area contributed by atoms with E-state index in [1.165, 1.54) is 54.5 Å². The molecular weight excluding hydrogens is 514 g/mol. The summed E-state index contributed by atoms with van der Waals surface area (Å²) < 4.78 is 0.577. The molecule has 1 aliphatic heterocycles. The molecule has 0 radical (unpaired) electrons. The van der Waals surface area contributed by atoms with Crippen LogP contribution < -0.4 is 4.90 Å². The molecule has 1 aliphatic rings. The Labute approximate surface area is 218 Å². The zero-order valence-electron chi connectivity index (χ0n) is 18.9. The summed E-state index contributed by atoms with van der Waals surface area (Å²) in [4.78, 5) is 42.4. The molecule has 1 fully saturated rings. The Morgan fingerprint density at radius 1 is 1.05 bits per heavy atom. The molecule has 0 saturated carbocycles. The summed E-state index contributed by atoms with van der Waals surface area (Å²) >= 11 is 2.55. The average molecular weight is 532 g/mol. The van der Waals surface area contributed by atoms with Crippen LogP contribution in [0.1, 0.15) is 22.7 Å². The number of carbonyl (C=O) groups is 2. The van der Waals surface area contributed by atoms with Gasteiger partial charge < -0.3 is 5.11 Å². The van der Waals surface area contributed by atoms with Crippen molar-refractivity contribution in [2.24, 2.45) is 0 Å². The van der Waals surface area contributed by atoms with Crippen LogP contribution in [0.5, 0.6) is 0 Å². The number of non-ortho nitro benzene ring substituents is 1. The molecule has 1 atom stereocenters. The number of aliphatic hydroxyl groups is 1. The van der Waals surface area contributed by atoms with Gasteiger partial charge in [-0.1, -0.05) is 65.6 Å². The van der Waals surface area contributed by atoms with Crippen molar-refractivity contribution < 1.29 is 19.6 Å². The Morgan fingerprint density at radius 3 is 2.54 bits per heavy atom. The average Bonchev–Trinajstić information content (AvgIpc) is 3.50. The highest BCUT2D eigenvalue weighted by molar-refractivity contribution is 8.00. The van der Waals surface area contributed by atoms with Gasteiger partial charge >= 0.3 is 5.91 Å². The molecule has 1 saturated heterocycles. The van der Waals surface area contributed by atoms with Crippen LogP contribution in [0.3, 0.4) is 0 Å². The van der Waals surface area contributed by atoms with Crippen LogP contribution in [0.4, 0.5) is 10.8 Å². The SMILES string of the molecule is O=C1C(=O)N(c2nnc(SCc3ccccc3)s2)C(c2cccc([N+](=O)[O-])c2)/C1=C(\O)c1ccncc1. The first-order valence-electron chi connectivity index (χ1n) is 10.9. The minimum absolute atomic E-state index is 0.142. The van der Waals surface area contributed by atoms with Crippen LogP contribution in [0, 0.1) is 10.1 Å². The molecule has 37 heavy (non-hydrogen) atoms. The fourth-order valence-corrected chi connectivity index (χ4v) is 5.72. The maximum atomic E-state index is 13.3. The van der Waals surface area contributed by atoms with Crippen LogP contribution in [0.2, 0.25) is 0 Å². The molecule has 0 bridgehead atoms. The van der Waals surface area contributed by atoms with Gasteiger partial charge in [-0.15, -0.1) is 10.2 Å². The lowest BCUT2D eigenvalue weighted by molar-refractivity contribution is -0.384. The summed E-state index contributed by atoms with van der Waals surface area (Å²) in [5.74, 6) is -1.63. The number of ketones is 1. The normalized spacial score (nSPS) is 16.8. The van der Waals surface area contributed by atoms with E-state index in [0.717, 1.165) is 21.8 Å². The van der Waals surface area contributed by atoms with Crippen LogP contribution in [-0.4, -0.2) is 36.9 Å². The van der Waals surface area contributed by atoms with E-state index in [4.69, 9.17) is 0 Å². The minimum Gasteiger partial charge on any atom is -0.507 e. The summed E-state index contributed by atoms with van der Waals surface area (Å²) in [6.45, 7) is 0. The van der Waals surface area contributed by atoms with Crippen molar-refractivity contribution in [3.63, 3.8) is 0 Å². The molecule has 1 amide bonds. The molecule has 1 unspecified atom stereocenters. The number of nitrogens with zero attached hydrogens (tertiary/aromatic N) is 5. The van der Waals surface area contributed by atoms with E-state index in [0.29, 0.717) is 10.1 Å². The zero-order chi connectivity index (χ0) is 25.9. The van der Waals surface area contributed by atoms with Crippen molar-refractivity contribution in [1.82, 2.24) is 15.2 Å². The van der Waals surface area contributed by atoms with Gasteiger partial charge in [0.25, 0.3) is 11.5 Å². The Bertz CT molecular complexity index is 1520. The number of anilines is 1. The monoisotopic (exact) mass is 531 g/mol. The Hall–Kier alpha value is -4.42. The maximum absolute atomic E-state index is 13.3. The molecule has 12 heteroatoms. The van der Waals surface area contributed by atoms with Crippen LogP contribution in [-0.2, 0) is 15.3 Å². The molecule has 0 spiro atoms. The predicted molar refractivity (Wildman–Crippen MR) is 138 cm³/mol. The van der Waals surface area contributed by atoms with E-state index in [1.54, 1.807) is 6.07 Å². The van der Waals surface area contributed by atoms with Gasteiger partial charge in [-0.2, -0.15) is 0 Å². The molecule has 4 aromatic rings. The molecule has 2 aromatic carbocycles. The fraction of sp³-hybridized carbons (Fsp3) is 0.0800. The quantitative estimate of drug-likeness (QED) is 0.0680. The van der Waals surface area contributed by atoms with Crippen molar-refractivity contribution >= 4 is 51.4 Å². The third-order valence-corrected chi connectivity index (χ3v) is 7.73. The number of nitro benzene ring substituents is 1. The van der Waals surface area contributed by atoms with Crippen molar-refractivity contribution in [1.29, 1.82) is 0 Å². The van der Waals surface area contributed by atoms with Gasteiger partial charge in [-0.3, -0.25) is 29.6 Å². The molecule has 5 rings (SSSR count). The van der Waals surface area contributed by atoms with Gasteiger partial charge in [0, 0.05) is 35.8 Å². The second kappa shape index (κ2) is 10.3. The number of hydrogen-bond acceptors (Lipinski definition) is 10. The number of amides is 1. The number of thioether (sulfide) groups is 1. The predicted octanol–water partition coefficient (Wildman–Crippen LogP) is 4.76. The largest absolute Gasteiger partial charge is 0.507 e. The lowest BCUT2D eigenvalue weighted by Crippen LogP contribution is -2.29. The number of rotatable bonds is 7. The first-order valence-corrected chi connectivity index (χ1v) is 12.7. The van der Waals surface area contributed by atoms with E-state index in [9.17, 15) is 24.8 Å². The highest BCUT2D eigenvalue weighted by atomic mass is 32.2. The third kappa shape index (κ3) is 4.84. The summed E-state index contributed by atoms with van der Waals surface area (Å²) in [6, 6.07) is 17.2. The topological polar surface area (TPSA) is 139 Å². The number of pyridine rings is 1. The van der Waals surface area contributed by atoms with Gasteiger partial charge in [-0.25, -0.2) is 0 Å². The highest BCUT2D eigenvalue weighted by Gasteiger charge is 2.48. The number of carbonyl (C=O) groups excluding carboxylic acids is 2. The zero-order valence-corrected chi connectivity index (χ0v) is 20.6. The van der Waals surface area contributed by atoms with Gasteiger partial charge in [0.2, 0.25) is 5.13 Å². The third-order valence-electron chi connectivity index (χ3n) is 5.60. The summed E-state index contributed by atoms with van der Waals surface area (Å²) in [5.41, 5.74) is 1.21. The van der Waals surface area contributed by atoms with Crippen LogP contribution >= 0.6 is 23.1 Å². The Kier molecular flexibility index (Phi) is 6.75. The molecule has 1 N–H and O–H groups in total. The number of aliphatic hydroxyl groups excluding tert-OH is 1. The second-order valence-corrected chi connectivity index (χ2v) is 10.1. The number of hydrogen-bond donors (Lipinski definition) is 1. The van der Waals surface area contributed by atoms with Crippen LogP contribution in [0.25, 0.3) is 5.76 Å². The van der Waals surface area contributed by atoms with Gasteiger partial charge in [0.1, 0.15) is 5.76 Å². The first kappa shape index (κ1) is 24.3. The lowest BCUT2D eigenvalue weighted by atomic mass is 9.95. The molecule has 10 nitrogen and oxygen atoms in total. The fourth-order valence-electron chi connectivity index (χ4n) is 3.90. The molecule has 2 aromatic heterocycles. The number of Topliss-reactive ketones (excluding diaryl/α,β-unsaturated/α-hetero) is 1. The van der Waals surface area contributed by atoms with E-state index in [2.05, 4.69) is 15.2 Å². The minimum atomic E-state index is -1.15. The second-order valence-electron chi connectivity index (χ2n) is 7.88. The van der Waals surface area contributed by atoms with E-state index in [1.807, 2.05) is 30.3 Å². The maximum Gasteiger partial charge on any atom is 0.301 e. The molecule has 3 heterocycles. The summed E-state index contributed by atoms with van der Waals surface area (Å²) in [7, 11) is 0. The van der Waals surface area contributed by atoms with Crippen molar-refractivity contribution in [3.05, 3.63) is 112 Å². The number of aromatic nitrogens is 3. The summed E-state index contributed by atoms with van der Waals surface area (Å²) in [5, 5.41) is 31.0. The molecule has 184 valence electrons. The summed E-state index contributed by atoms with van der Waals surface area (Å²) in [6.07, 6.45) is 2.88. The lowest BCUT2D eigenvalue weighted by Gasteiger charge is -2.22. The van der Waals surface area contributed by atoms with E-state index < -0.39 is 28.4 Å². The van der Waals surface area contributed by atoms with Crippen molar-refractivity contribution in [3.8, 4) is 0 Å². The Morgan fingerprint density at radius 2 is 1.81 bits per heavy atom. The van der Waals surface area contributed by atoms with Crippen molar-refractivity contribution in [2.75, 3.05) is 4.90 Å². The van der Waals surface area contributed by atoms with Gasteiger partial charge in [0.05, 0.1) is 16.5 Å². The number of nitro groups is 1. The van der Waals surface area contributed by atoms with Crippen molar-refractivity contribution in [2.45, 2.75) is 16.1 Å². The standard InChI is InChI=1S/C25H17N5O5S2/c31-21(16-9-11-26-12-10-16)19-20(17-7-4-8-18(13-17)30(34)35)29(23(33)22(19)32)24-27-28-25(37-24)36-14-15-5-2-1-3-6-15/h1-13,20,31H,14H2/b21-19+. The van der Waals surface area contributed by atoms with Crippen LogP contribution in [0.15, 0.2) is 89.0 Å². The van der Waals surface area contributed by atoms with E-state index >= 15 is 0 Å². The molecule has 0 aliphatic carbocycles. The smallest absolute Gasteiger partial charge is 0.301 e. The first-order chi connectivity index (χ1) is 17.9. The van der Waals surface area contributed by atoms with Gasteiger partial charge in [-0.05, 0) is 23.3 Å². The van der Waals surface area contributed by atoms with Gasteiger partial charge in [0.15, 0.2) is 4.34 Å². The van der Waals surface area contributed by atoms with E-state index in [-0.39, 0.29) is 27.5 Å². The molecular formula is C25H17N5O5S2. The number of benzene rings is 2. The Balaban J connectivity index is 1.58. The highest BCUT2D eigenvalue weighted by Crippen LogP contribution is 2.44.